The van der Waals surface area contributed by atoms with Crippen LogP contribution in [0, 0.1) is 6.92 Å². The molecular weight excluding hydrogens is 86.1 g/mol. The van der Waals surface area contributed by atoms with Crippen LogP contribution in [0.4, 0.5) is 0 Å². The van der Waals surface area contributed by atoms with E-state index in [-0.39, 0.29) is 0 Å². The fourth-order valence-electron chi connectivity index (χ4n) is 0.540. The van der Waals surface area contributed by atoms with Crippen molar-refractivity contribution in [2.45, 2.75) is 13.8 Å². The normalized spacial score (nSPS) is 10.3. The molecule has 0 spiro atoms. The molecule has 0 aromatic rings. The van der Waals surface area contributed by atoms with Crippen LogP contribution in [0.25, 0.3) is 0 Å². The predicted octanol–water partition coefficient (Wildman–Crippen LogP) is 1.16. The fraction of sp³-hybridized carbons (Fsp3) is 0.833. The SMILES string of the molecule is [CH2]CN(CC)CC. The lowest BCUT2D eigenvalue weighted by Crippen LogP contribution is -2.21. The highest BCUT2D eigenvalue weighted by molar-refractivity contribution is 4.50. The Balaban J connectivity index is 2.99. The van der Waals surface area contributed by atoms with E-state index in [0.717, 1.165) is 19.6 Å². The summed E-state index contributed by atoms with van der Waals surface area (Å²) < 4.78 is 0. The van der Waals surface area contributed by atoms with Crippen molar-refractivity contribution < 1.29 is 0 Å². The summed E-state index contributed by atoms with van der Waals surface area (Å²) >= 11 is 0. The van der Waals surface area contributed by atoms with Crippen LogP contribution in [0.15, 0.2) is 0 Å². The zero-order valence-corrected chi connectivity index (χ0v) is 5.28. The van der Waals surface area contributed by atoms with Gasteiger partial charge in [-0.2, -0.15) is 0 Å². The van der Waals surface area contributed by atoms with Crippen LogP contribution in [0.5, 0.6) is 0 Å². The summed E-state index contributed by atoms with van der Waals surface area (Å²) in [5.41, 5.74) is 0. The van der Waals surface area contributed by atoms with Crippen LogP contribution in [-0.2, 0) is 0 Å². The zero-order valence-electron chi connectivity index (χ0n) is 5.28. The van der Waals surface area contributed by atoms with Gasteiger partial charge in [0.25, 0.3) is 0 Å². The number of rotatable bonds is 3. The van der Waals surface area contributed by atoms with E-state index in [1.54, 1.807) is 0 Å². The van der Waals surface area contributed by atoms with Gasteiger partial charge < -0.3 is 4.90 Å². The molecule has 0 atom stereocenters. The number of nitrogens with zero attached hydrogens (tertiary/aromatic N) is 1. The lowest BCUT2D eigenvalue weighted by Gasteiger charge is -2.13. The lowest BCUT2D eigenvalue weighted by molar-refractivity contribution is 0.336. The zero-order chi connectivity index (χ0) is 5.70. The first-order valence-electron chi connectivity index (χ1n) is 2.86. The van der Waals surface area contributed by atoms with E-state index < -0.39 is 0 Å². The quantitative estimate of drug-likeness (QED) is 0.514. The summed E-state index contributed by atoms with van der Waals surface area (Å²) in [6.45, 7) is 11.2. The lowest BCUT2D eigenvalue weighted by atomic mass is 10.5. The summed E-state index contributed by atoms with van der Waals surface area (Å²) in [6, 6.07) is 0. The Hall–Kier alpha value is -0.0400. The minimum Gasteiger partial charge on any atom is -0.304 e. The molecule has 0 unspecified atom stereocenters. The predicted molar refractivity (Wildman–Crippen MR) is 33.1 cm³/mol. The maximum atomic E-state index is 3.75. The molecule has 0 aliphatic carbocycles. The summed E-state index contributed by atoms with van der Waals surface area (Å²) in [6.07, 6.45) is 0. The number of hydrogen-bond acceptors (Lipinski definition) is 1. The van der Waals surface area contributed by atoms with Crippen LogP contribution in [0.3, 0.4) is 0 Å². The van der Waals surface area contributed by atoms with Gasteiger partial charge in [-0.15, -0.1) is 0 Å². The molecule has 0 N–H and O–H groups in total. The van der Waals surface area contributed by atoms with Gasteiger partial charge in [0.1, 0.15) is 0 Å². The minimum absolute atomic E-state index is 0.938. The Bertz CT molecular complexity index is 25.7. The van der Waals surface area contributed by atoms with Crippen LogP contribution < -0.4 is 0 Å². The smallest absolute Gasteiger partial charge is 0.00185 e. The van der Waals surface area contributed by atoms with Crippen molar-refractivity contribution in [2.24, 2.45) is 0 Å². The molecule has 0 saturated heterocycles. The van der Waals surface area contributed by atoms with Crippen LogP contribution >= 0.6 is 0 Å². The van der Waals surface area contributed by atoms with Gasteiger partial charge in [0.2, 0.25) is 0 Å². The molecule has 0 fully saturated rings. The van der Waals surface area contributed by atoms with E-state index in [1.807, 2.05) is 0 Å². The first-order valence-corrected chi connectivity index (χ1v) is 2.86. The van der Waals surface area contributed by atoms with Crippen LogP contribution in [0.2, 0.25) is 0 Å². The third-order valence-electron chi connectivity index (χ3n) is 1.21. The second-order valence-electron chi connectivity index (χ2n) is 1.53. The highest BCUT2D eigenvalue weighted by atomic mass is 15.1. The minimum atomic E-state index is 0.938. The molecule has 1 heteroatoms. The van der Waals surface area contributed by atoms with E-state index in [1.165, 1.54) is 0 Å². The Labute approximate surface area is 46.3 Å². The molecule has 0 bridgehead atoms. The number of hydrogen-bond donors (Lipinski definition) is 0. The van der Waals surface area contributed by atoms with E-state index in [0.29, 0.717) is 0 Å². The summed E-state index contributed by atoms with van der Waals surface area (Å²) in [4.78, 5) is 2.26. The van der Waals surface area contributed by atoms with Gasteiger partial charge in [0.05, 0.1) is 0 Å². The van der Waals surface area contributed by atoms with Crippen molar-refractivity contribution in [2.75, 3.05) is 19.6 Å². The van der Waals surface area contributed by atoms with E-state index in [4.69, 9.17) is 0 Å². The third kappa shape index (κ3) is 2.63. The third-order valence-corrected chi connectivity index (χ3v) is 1.21. The maximum absolute atomic E-state index is 3.75. The second-order valence-corrected chi connectivity index (χ2v) is 1.53. The van der Waals surface area contributed by atoms with Gasteiger partial charge in [-0.1, -0.05) is 13.8 Å². The standard InChI is InChI=1S/C6H14N/c1-4-7(5-2)6-3/h1,4-6H2,2-3H3. The van der Waals surface area contributed by atoms with Gasteiger partial charge >= 0.3 is 0 Å². The fourth-order valence-corrected chi connectivity index (χ4v) is 0.540. The molecule has 0 amide bonds. The van der Waals surface area contributed by atoms with Gasteiger partial charge in [-0.25, -0.2) is 0 Å². The molecule has 1 nitrogen and oxygen atoms in total. The van der Waals surface area contributed by atoms with E-state index >= 15 is 0 Å². The van der Waals surface area contributed by atoms with E-state index in [2.05, 4.69) is 25.7 Å². The van der Waals surface area contributed by atoms with Crippen LogP contribution in [0.1, 0.15) is 13.8 Å². The van der Waals surface area contributed by atoms with Crippen molar-refractivity contribution in [1.82, 2.24) is 4.90 Å². The topological polar surface area (TPSA) is 3.24 Å². The van der Waals surface area contributed by atoms with Crippen molar-refractivity contribution in [3.63, 3.8) is 0 Å². The highest BCUT2D eigenvalue weighted by Gasteiger charge is 1.89. The molecule has 0 saturated carbocycles. The highest BCUT2D eigenvalue weighted by Crippen LogP contribution is 1.81. The average Bonchev–Trinajstić information content (AvgIpc) is 1.72. The summed E-state index contributed by atoms with van der Waals surface area (Å²) in [7, 11) is 0. The van der Waals surface area contributed by atoms with Crippen molar-refractivity contribution in [3.8, 4) is 0 Å². The molecule has 0 aliphatic rings. The van der Waals surface area contributed by atoms with Gasteiger partial charge in [-0.05, 0) is 26.6 Å². The Morgan fingerprint density at radius 3 is 1.71 bits per heavy atom. The first kappa shape index (κ1) is 6.96. The monoisotopic (exact) mass is 100 g/mol. The van der Waals surface area contributed by atoms with Crippen molar-refractivity contribution >= 4 is 0 Å². The molecule has 0 rings (SSSR count). The Kier molecular flexibility index (Phi) is 4.10. The average molecular weight is 100 g/mol. The Morgan fingerprint density at radius 2 is 1.71 bits per heavy atom. The molecule has 0 aliphatic heterocycles. The molecule has 7 heavy (non-hydrogen) atoms. The van der Waals surface area contributed by atoms with Gasteiger partial charge in [0, 0.05) is 0 Å². The van der Waals surface area contributed by atoms with Gasteiger partial charge in [0.15, 0.2) is 0 Å². The molecule has 0 aromatic carbocycles. The second kappa shape index (κ2) is 4.13. The van der Waals surface area contributed by atoms with E-state index in [9.17, 15) is 0 Å². The first-order chi connectivity index (χ1) is 3.35. The molecule has 43 valence electrons. The summed E-state index contributed by atoms with van der Waals surface area (Å²) in [5.74, 6) is 0. The van der Waals surface area contributed by atoms with Crippen LogP contribution in [-0.4, -0.2) is 24.5 Å². The van der Waals surface area contributed by atoms with Gasteiger partial charge in [-0.3, -0.25) is 0 Å². The van der Waals surface area contributed by atoms with Crippen molar-refractivity contribution in [3.05, 3.63) is 6.92 Å². The van der Waals surface area contributed by atoms with Crippen molar-refractivity contribution in [1.29, 1.82) is 0 Å². The summed E-state index contributed by atoms with van der Waals surface area (Å²) in [5, 5.41) is 0. The Morgan fingerprint density at radius 1 is 1.29 bits per heavy atom. The maximum Gasteiger partial charge on any atom is -0.00185 e. The molecule has 1 radical (unpaired) electrons. The largest absolute Gasteiger partial charge is 0.304 e. The molecular formula is C6H14N. The molecule has 0 heterocycles. The molecule has 0 aromatic heterocycles.